The molecule has 110 valence electrons. The second-order valence-corrected chi connectivity index (χ2v) is 6.02. The van der Waals surface area contributed by atoms with Gasteiger partial charge >= 0.3 is 12.0 Å². The van der Waals surface area contributed by atoms with Crippen LogP contribution in [0.5, 0.6) is 0 Å². The van der Waals surface area contributed by atoms with Gasteiger partial charge in [0.05, 0.1) is 5.92 Å². The lowest BCUT2D eigenvalue weighted by Crippen LogP contribution is -2.46. The molecule has 1 atom stereocenters. The zero-order chi connectivity index (χ0) is 14.4. The van der Waals surface area contributed by atoms with Gasteiger partial charge in [-0.2, -0.15) is 0 Å². The molecule has 2 amide bonds. The fourth-order valence-electron chi connectivity index (χ4n) is 2.37. The zero-order valence-electron chi connectivity index (χ0n) is 12.2. The molecule has 0 saturated carbocycles. The van der Waals surface area contributed by atoms with Crippen LogP contribution < -0.4 is 5.32 Å². The number of carboxylic acid groups (broad SMARTS) is 1. The number of aliphatic carboxylic acids is 1. The Kier molecular flexibility index (Phi) is 6.12. The summed E-state index contributed by atoms with van der Waals surface area (Å²) in [5.74, 6) is -0.334. The predicted molar refractivity (Wildman–Crippen MR) is 74.0 cm³/mol. The van der Waals surface area contributed by atoms with Crippen molar-refractivity contribution in [1.29, 1.82) is 0 Å². The first kappa shape index (κ1) is 15.8. The van der Waals surface area contributed by atoms with Crippen molar-refractivity contribution in [1.82, 2.24) is 10.2 Å². The number of likely N-dealkylation sites (tertiary alicyclic amines) is 1. The first-order valence-electron chi connectivity index (χ1n) is 7.15. The van der Waals surface area contributed by atoms with Crippen LogP contribution in [0.3, 0.4) is 0 Å². The highest BCUT2D eigenvalue weighted by Crippen LogP contribution is 2.16. The summed E-state index contributed by atoms with van der Waals surface area (Å²) in [6.45, 7) is 7.94. The maximum absolute atomic E-state index is 11.9. The molecule has 0 aromatic carbocycles. The molecule has 1 unspecified atom stereocenters. The first-order chi connectivity index (χ1) is 8.90. The van der Waals surface area contributed by atoms with Gasteiger partial charge < -0.3 is 15.3 Å². The second-order valence-electron chi connectivity index (χ2n) is 6.02. The average Bonchev–Trinajstić information content (AvgIpc) is 2.34. The number of piperidine rings is 1. The molecule has 1 saturated heterocycles. The number of carboxylic acids is 1. The number of hydrogen-bond donors (Lipinski definition) is 2. The highest BCUT2D eigenvalue weighted by atomic mass is 16.4. The maximum atomic E-state index is 11.9. The number of nitrogens with one attached hydrogen (secondary N) is 1. The minimum absolute atomic E-state index is 0.123. The highest BCUT2D eigenvalue weighted by molar-refractivity contribution is 5.76. The Morgan fingerprint density at radius 3 is 2.37 bits per heavy atom. The lowest BCUT2D eigenvalue weighted by molar-refractivity contribution is -0.142. The molecule has 0 radical (unpaired) electrons. The van der Waals surface area contributed by atoms with Gasteiger partial charge in [0, 0.05) is 19.6 Å². The Bertz CT molecular complexity index is 310. The van der Waals surface area contributed by atoms with Gasteiger partial charge in [0.1, 0.15) is 0 Å². The van der Waals surface area contributed by atoms with E-state index in [4.69, 9.17) is 5.11 Å². The van der Waals surface area contributed by atoms with Crippen molar-refractivity contribution in [3.05, 3.63) is 0 Å². The van der Waals surface area contributed by atoms with E-state index in [-0.39, 0.29) is 12.6 Å². The fourth-order valence-corrected chi connectivity index (χ4v) is 2.37. The molecular weight excluding hydrogens is 244 g/mol. The smallest absolute Gasteiger partial charge is 0.317 e. The van der Waals surface area contributed by atoms with Crippen LogP contribution in [-0.4, -0.2) is 41.6 Å². The van der Waals surface area contributed by atoms with Gasteiger partial charge in [0.25, 0.3) is 0 Å². The van der Waals surface area contributed by atoms with Gasteiger partial charge in [-0.1, -0.05) is 20.8 Å². The first-order valence-corrected chi connectivity index (χ1v) is 7.15. The van der Waals surface area contributed by atoms with E-state index >= 15 is 0 Å². The van der Waals surface area contributed by atoms with Crippen LogP contribution in [0.25, 0.3) is 0 Å². The van der Waals surface area contributed by atoms with E-state index in [1.807, 2.05) is 13.8 Å². The monoisotopic (exact) mass is 270 g/mol. The summed E-state index contributed by atoms with van der Waals surface area (Å²) in [4.78, 5) is 24.8. The van der Waals surface area contributed by atoms with E-state index in [1.165, 1.54) is 0 Å². The van der Waals surface area contributed by atoms with Crippen molar-refractivity contribution >= 4 is 12.0 Å². The molecule has 5 nitrogen and oxygen atoms in total. The molecule has 1 aliphatic rings. The van der Waals surface area contributed by atoms with Crippen LogP contribution in [0, 0.1) is 17.8 Å². The predicted octanol–water partition coefficient (Wildman–Crippen LogP) is 2.17. The number of hydrogen-bond acceptors (Lipinski definition) is 2. The third-order valence-corrected chi connectivity index (χ3v) is 3.68. The van der Waals surface area contributed by atoms with Crippen LogP contribution in [0.4, 0.5) is 4.79 Å². The summed E-state index contributed by atoms with van der Waals surface area (Å²) in [5.41, 5.74) is 0. The van der Waals surface area contributed by atoms with Crippen LogP contribution in [0.2, 0.25) is 0 Å². The number of amides is 2. The second kappa shape index (κ2) is 7.36. The van der Waals surface area contributed by atoms with Gasteiger partial charge in [-0.3, -0.25) is 4.79 Å². The van der Waals surface area contributed by atoms with Crippen molar-refractivity contribution in [3.8, 4) is 0 Å². The van der Waals surface area contributed by atoms with E-state index < -0.39 is 11.9 Å². The van der Waals surface area contributed by atoms with E-state index in [9.17, 15) is 9.59 Å². The number of nitrogens with zero attached hydrogens (tertiary/aromatic N) is 1. The number of urea groups is 1. The molecule has 1 rings (SSSR count). The van der Waals surface area contributed by atoms with E-state index in [0.29, 0.717) is 18.3 Å². The molecule has 1 fully saturated rings. The summed E-state index contributed by atoms with van der Waals surface area (Å²) in [6, 6.07) is -0.123. The lowest BCUT2D eigenvalue weighted by Gasteiger charge is -2.30. The molecular formula is C14H26N2O3. The van der Waals surface area contributed by atoms with E-state index in [2.05, 4.69) is 12.2 Å². The number of carbonyl (C=O) groups excluding carboxylic acids is 1. The molecule has 19 heavy (non-hydrogen) atoms. The number of carbonyl (C=O) groups is 2. The highest BCUT2D eigenvalue weighted by Gasteiger charge is 2.23. The molecule has 0 bridgehead atoms. The lowest BCUT2D eigenvalue weighted by atomic mass is 9.97. The van der Waals surface area contributed by atoms with E-state index in [0.717, 1.165) is 25.9 Å². The minimum Gasteiger partial charge on any atom is -0.481 e. The quantitative estimate of drug-likeness (QED) is 0.804. The maximum Gasteiger partial charge on any atom is 0.317 e. The molecule has 2 N–H and O–H groups in total. The Labute approximate surface area is 115 Å². The molecule has 0 aromatic rings. The normalized spacial score (nSPS) is 18.4. The Balaban J connectivity index is 2.37. The molecule has 0 aromatic heterocycles. The molecule has 1 heterocycles. The van der Waals surface area contributed by atoms with Gasteiger partial charge in [-0.15, -0.1) is 0 Å². The topological polar surface area (TPSA) is 69.6 Å². The Morgan fingerprint density at radius 2 is 1.89 bits per heavy atom. The van der Waals surface area contributed by atoms with Crippen molar-refractivity contribution < 1.29 is 14.7 Å². The molecule has 0 spiro atoms. The van der Waals surface area contributed by atoms with Crippen molar-refractivity contribution in [2.24, 2.45) is 17.8 Å². The SMILES string of the molecule is CC(C)CC(CNC(=O)N1CCC(C)CC1)C(=O)O. The van der Waals surface area contributed by atoms with Crippen LogP contribution in [0.1, 0.15) is 40.0 Å². The van der Waals surface area contributed by atoms with Crippen LogP contribution in [-0.2, 0) is 4.79 Å². The Hall–Kier alpha value is -1.26. The summed E-state index contributed by atoms with van der Waals surface area (Å²) in [5, 5.41) is 11.9. The molecule has 1 aliphatic heterocycles. The standard InChI is InChI=1S/C14H26N2O3/c1-10(2)8-12(13(17)18)9-15-14(19)16-6-4-11(3)5-7-16/h10-12H,4-9H2,1-3H3,(H,15,19)(H,17,18). The van der Waals surface area contributed by atoms with Crippen LogP contribution in [0.15, 0.2) is 0 Å². The summed E-state index contributed by atoms with van der Waals surface area (Å²) in [6.07, 6.45) is 2.65. The van der Waals surface area contributed by atoms with Gasteiger partial charge in [0.2, 0.25) is 0 Å². The van der Waals surface area contributed by atoms with Gasteiger partial charge in [-0.05, 0) is 31.1 Å². The summed E-state index contributed by atoms with van der Waals surface area (Å²) in [7, 11) is 0. The summed E-state index contributed by atoms with van der Waals surface area (Å²) >= 11 is 0. The minimum atomic E-state index is -0.832. The van der Waals surface area contributed by atoms with Gasteiger partial charge in [0.15, 0.2) is 0 Å². The van der Waals surface area contributed by atoms with Crippen molar-refractivity contribution in [2.75, 3.05) is 19.6 Å². The van der Waals surface area contributed by atoms with Crippen molar-refractivity contribution in [2.45, 2.75) is 40.0 Å². The third-order valence-electron chi connectivity index (χ3n) is 3.68. The molecule has 0 aliphatic carbocycles. The largest absolute Gasteiger partial charge is 0.481 e. The summed E-state index contributed by atoms with van der Waals surface area (Å²) < 4.78 is 0. The van der Waals surface area contributed by atoms with E-state index in [1.54, 1.807) is 4.90 Å². The molecule has 5 heteroatoms. The fraction of sp³-hybridized carbons (Fsp3) is 0.857. The Morgan fingerprint density at radius 1 is 1.32 bits per heavy atom. The third kappa shape index (κ3) is 5.49. The van der Waals surface area contributed by atoms with Gasteiger partial charge in [-0.25, -0.2) is 4.79 Å². The number of rotatable bonds is 5. The van der Waals surface area contributed by atoms with Crippen LogP contribution >= 0.6 is 0 Å². The zero-order valence-corrected chi connectivity index (χ0v) is 12.2. The average molecular weight is 270 g/mol. The van der Waals surface area contributed by atoms with Crippen molar-refractivity contribution in [3.63, 3.8) is 0 Å².